The summed E-state index contributed by atoms with van der Waals surface area (Å²) in [7, 11) is 0. The lowest BCUT2D eigenvalue weighted by atomic mass is 10.1. The molecular weight excluding hydrogens is 340 g/mol. The van der Waals surface area contributed by atoms with E-state index in [4.69, 9.17) is 4.74 Å². The maximum Gasteiger partial charge on any atom is 0.260 e. The van der Waals surface area contributed by atoms with Crippen molar-refractivity contribution in [3.8, 4) is 16.9 Å². The average molecular weight is 364 g/mol. The predicted molar refractivity (Wildman–Crippen MR) is 103 cm³/mol. The van der Waals surface area contributed by atoms with Crippen LogP contribution in [-0.2, 0) is 9.59 Å². The lowest BCUT2D eigenvalue weighted by Gasteiger charge is -2.34. The van der Waals surface area contributed by atoms with Gasteiger partial charge in [0.1, 0.15) is 5.75 Å². The standard InChI is InChI=1S/C22H24N2O3/c25-21(23-12-14-24(15-13-23)22(26)18-10-11-18)16-27-20-9-5-4-8-19(20)17-6-2-1-3-7-17/h1-9,18H,10-16H2. The first kappa shape index (κ1) is 17.6. The van der Waals surface area contributed by atoms with Gasteiger partial charge < -0.3 is 14.5 Å². The van der Waals surface area contributed by atoms with Crippen molar-refractivity contribution in [2.24, 2.45) is 5.92 Å². The summed E-state index contributed by atoms with van der Waals surface area (Å²) in [6, 6.07) is 17.8. The van der Waals surface area contributed by atoms with E-state index in [0.29, 0.717) is 31.9 Å². The highest BCUT2D eigenvalue weighted by Gasteiger charge is 2.35. The number of carbonyl (C=O) groups excluding carboxylic acids is 2. The Hall–Kier alpha value is -2.82. The molecule has 0 radical (unpaired) electrons. The molecular formula is C22H24N2O3. The van der Waals surface area contributed by atoms with Crippen LogP contribution in [0.15, 0.2) is 54.6 Å². The molecule has 1 saturated heterocycles. The lowest BCUT2D eigenvalue weighted by molar-refractivity contribution is -0.141. The summed E-state index contributed by atoms with van der Waals surface area (Å²) in [4.78, 5) is 28.3. The number of rotatable bonds is 5. The average Bonchev–Trinajstić information content (AvgIpc) is 3.58. The number of benzene rings is 2. The Bertz CT molecular complexity index is 809. The summed E-state index contributed by atoms with van der Waals surface area (Å²) in [6.45, 7) is 2.44. The van der Waals surface area contributed by atoms with Crippen LogP contribution >= 0.6 is 0 Å². The number of nitrogens with zero attached hydrogens (tertiary/aromatic N) is 2. The highest BCUT2D eigenvalue weighted by molar-refractivity contribution is 5.82. The molecule has 5 nitrogen and oxygen atoms in total. The number of ether oxygens (including phenoxy) is 1. The van der Waals surface area contributed by atoms with E-state index in [0.717, 1.165) is 24.0 Å². The van der Waals surface area contributed by atoms with Gasteiger partial charge in [-0.05, 0) is 24.5 Å². The van der Waals surface area contributed by atoms with Gasteiger partial charge >= 0.3 is 0 Å². The molecule has 5 heteroatoms. The topological polar surface area (TPSA) is 49.9 Å². The maximum atomic E-state index is 12.5. The fourth-order valence-corrected chi connectivity index (χ4v) is 3.44. The van der Waals surface area contributed by atoms with Gasteiger partial charge in [0.25, 0.3) is 5.91 Å². The van der Waals surface area contributed by atoms with Gasteiger partial charge in [0.05, 0.1) is 0 Å². The van der Waals surface area contributed by atoms with Crippen LogP contribution in [0.2, 0.25) is 0 Å². The van der Waals surface area contributed by atoms with Gasteiger partial charge in [-0.1, -0.05) is 48.5 Å². The van der Waals surface area contributed by atoms with Gasteiger partial charge in [0, 0.05) is 37.7 Å². The molecule has 1 aliphatic heterocycles. The molecule has 0 spiro atoms. The summed E-state index contributed by atoms with van der Waals surface area (Å²) in [5, 5.41) is 0. The SMILES string of the molecule is O=C(COc1ccccc1-c1ccccc1)N1CCN(C(=O)C2CC2)CC1. The highest BCUT2D eigenvalue weighted by Crippen LogP contribution is 2.31. The first-order valence-corrected chi connectivity index (χ1v) is 9.56. The molecule has 0 aromatic heterocycles. The Kier molecular flexibility index (Phi) is 5.10. The Morgan fingerprint density at radius 2 is 1.48 bits per heavy atom. The molecule has 2 aromatic carbocycles. The van der Waals surface area contributed by atoms with Crippen LogP contribution in [0.5, 0.6) is 5.75 Å². The van der Waals surface area contributed by atoms with Crippen LogP contribution in [0, 0.1) is 5.92 Å². The van der Waals surface area contributed by atoms with Crippen LogP contribution < -0.4 is 4.74 Å². The van der Waals surface area contributed by atoms with Gasteiger partial charge in [-0.2, -0.15) is 0 Å². The highest BCUT2D eigenvalue weighted by atomic mass is 16.5. The minimum atomic E-state index is -0.0311. The molecule has 2 aromatic rings. The van der Waals surface area contributed by atoms with Crippen LogP contribution in [0.4, 0.5) is 0 Å². The molecule has 0 N–H and O–H groups in total. The summed E-state index contributed by atoms with van der Waals surface area (Å²) in [6.07, 6.45) is 2.04. The zero-order valence-corrected chi connectivity index (χ0v) is 15.3. The summed E-state index contributed by atoms with van der Waals surface area (Å²) in [5.74, 6) is 1.18. The zero-order chi connectivity index (χ0) is 18.6. The smallest absolute Gasteiger partial charge is 0.260 e. The van der Waals surface area contributed by atoms with Crippen molar-refractivity contribution < 1.29 is 14.3 Å². The van der Waals surface area contributed by atoms with E-state index in [1.165, 1.54) is 0 Å². The fourth-order valence-electron chi connectivity index (χ4n) is 3.44. The normalized spacial score (nSPS) is 16.9. The van der Waals surface area contributed by atoms with E-state index >= 15 is 0 Å². The van der Waals surface area contributed by atoms with Crippen molar-refractivity contribution >= 4 is 11.8 Å². The Labute approximate surface area is 159 Å². The Balaban J connectivity index is 1.33. The molecule has 1 saturated carbocycles. The van der Waals surface area contributed by atoms with Gasteiger partial charge in [-0.15, -0.1) is 0 Å². The van der Waals surface area contributed by atoms with Crippen LogP contribution in [0.3, 0.4) is 0 Å². The van der Waals surface area contributed by atoms with Gasteiger partial charge in [-0.25, -0.2) is 0 Å². The first-order valence-electron chi connectivity index (χ1n) is 9.56. The van der Waals surface area contributed by atoms with Crippen molar-refractivity contribution in [2.75, 3.05) is 32.8 Å². The van der Waals surface area contributed by atoms with Crippen molar-refractivity contribution in [1.29, 1.82) is 0 Å². The lowest BCUT2D eigenvalue weighted by Crippen LogP contribution is -2.52. The molecule has 4 rings (SSSR count). The number of piperazine rings is 1. The van der Waals surface area contributed by atoms with Crippen molar-refractivity contribution in [1.82, 2.24) is 9.80 Å². The minimum absolute atomic E-state index is 0.0143. The van der Waals surface area contributed by atoms with Gasteiger partial charge in [-0.3, -0.25) is 9.59 Å². The summed E-state index contributed by atoms with van der Waals surface area (Å²) >= 11 is 0. The predicted octanol–water partition coefficient (Wildman–Crippen LogP) is 2.81. The molecule has 27 heavy (non-hydrogen) atoms. The quantitative estimate of drug-likeness (QED) is 0.820. The molecule has 2 aliphatic rings. The second-order valence-corrected chi connectivity index (χ2v) is 7.13. The number of para-hydroxylation sites is 1. The summed E-state index contributed by atoms with van der Waals surface area (Å²) in [5.41, 5.74) is 2.04. The van der Waals surface area contributed by atoms with Crippen LogP contribution in [-0.4, -0.2) is 54.4 Å². The first-order chi connectivity index (χ1) is 13.2. The van der Waals surface area contributed by atoms with Crippen LogP contribution in [0.1, 0.15) is 12.8 Å². The monoisotopic (exact) mass is 364 g/mol. The van der Waals surface area contributed by atoms with E-state index in [2.05, 4.69) is 0 Å². The Morgan fingerprint density at radius 1 is 0.852 bits per heavy atom. The molecule has 2 fully saturated rings. The van der Waals surface area contributed by atoms with E-state index in [1.54, 1.807) is 4.90 Å². The molecule has 0 unspecified atom stereocenters. The minimum Gasteiger partial charge on any atom is -0.483 e. The fraction of sp³-hybridized carbons (Fsp3) is 0.364. The Morgan fingerprint density at radius 3 is 2.19 bits per heavy atom. The van der Waals surface area contributed by atoms with E-state index < -0.39 is 0 Å². The molecule has 140 valence electrons. The molecule has 2 amide bonds. The van der Waals surface area contributed by atoms with Crippen LogP contribution in [0.25, 0.3) is 11.1 Å². The molecule has 0 atom stereocenters. The second-order valence-electron chi connectivity index (χ2n) is 7.13. The van der Waals surface area contributed by atoms with Gasteiger partial charge in [0.2, 0.25) is 5.91 Å². The van der Waals surface area contributed by atoms with Crippen molar-refractivity contribution in [3.05, 3.63) is 54.6 Å². The number of hydrogen-bond donors (Lipinski definition) is 0. The number of carbonyl (C=O) groups is 2. The van der Waals surface area contributed by atoms with Gasteiger partial charge in [0.15, 0.2) is 6.61 Å². The zero-order valence-electron chi connectivity index (χ0n) is 15.3. The van der Waals surface area contributed by atoms with Crippen molar-refractivity contribution in [3.63, 3.8) is 0 Å². The second kappa shape index (κ2) is 7.82. The van der Waals surface area contributed by atoms with E-state index in [-0.39, 0.29) is 24.3 Å². The third kappa shape index (κ3) is 4.13. The molecule has 1 heterocycles. The van der Waals surface area contributed by atoms with Crippen molar-refractivity contribution in [2.45, 2.75) is 12.8 Å². The molecule has 0 bridgehead atoms. The number of hydrogen-bond acceptors (Lipinski definition) is 3. The van der Waals surface area contributed by atoms with E-state index in [1.807, 2.05) is 59.5 Å². The number of amides is 2. The molecule has 1 aliphatic carbocycles. The summed E-state index contributed by atoms with van der Waals surface area (Å²) < 4.78 is 5.86. The van der Waals surface area contributed by atoms with E-state index in [9.17, 15) is 9.59 Å². The third-order valence-electron chi connectivity index (χ3n) is 5.19. The third-order valence-corrected chi connectivity index (χ3v) is 5.19. The largest absolute Gasteiger partial charge is 0.483 e. The maximum absolute atomic E-state index is 12.5.